The molecule has 0 unspecified atom stereocenters. The second kappa shape index (κ2) is 7.95. The molecule has 1 fully saturated rings. The zero-order valence-electron chi connectivity index (χ0n) is 17.1. The molecule has 0 aliphatic carbocycles. The lowest BCUT2D eigenvalue weighted by molar-refractivity contribution is 0.0748. The number of rotatable bonds is 4. The molecule has 2 aliphatic heterocycles. The number of carbonyl (C=O) groups excluding carboxylic acids is 1. The summed E-state index contributed by atoms with van der Waals surface area (Å²) in [6.45, 7) is 5.19. The molecule has 154 valence electrons. The maximum absolute atomic E-state index is 13.0. The van der Waals surface area contributed by atoms with Crippen LogP contribution in [0.2, 0.25) is 0 Å². The number of aromatic hydroxyl groups is 2. The van der Waals surface area contributed by atoms with E-state index in [4.69, 9.17) is 0 Å². The predicted molar refractivity (Wildman–Crippen MR) is 113 cm³/mol. The fourth-order valence-electron chi connectivity index (χ4n) is 4.26. The fourth-order valence-corrected chi connectivity index (χ4v) is 4.26. The van der Waals surface area contributed by atoms with Crippen molar-refractivity contribution in [2.24, 2.45) is 0 Å². The SMILES string of the molecule is CCc1cc(C(=O)N2Cc3ccc(NC4CCN(C)CC4)cc3C2)c(O)cc1O. The van der Waals surface area contributed by atoms with Gasteiger partial charge in [-0.15, -0.1) is 0 Å². The van der Waals surface area contributed by atoms with Gasteiger partial charge in [-0.25, -0.2) is 0 Å². The van der Waals surface area contributed by atoms with Gasteiger partial charge in [0.2, 0.25) is 0 Å². The van der Waals surface area contributed by atoms with Crippen molar-refractivity contribution in [3.8, 4) is 11.5 Å². The Morgan fingerprint density at radius 1 is 1.07 bits per heavy atom. The first-order valence-electron chi connectivity index (χ1n) is 10.4. The molecule has 1 saturated heterocycles. The summed E-state index contributed by atoms with van der Waals surface area (Å²) >= 11 is 0. The van der Waals surface area contributed by atoms with Crippen molar-refractivity contribution in [3.63, 3.8) is 0 Å². The molecule has 0 saturated carbocycles. The Morgan fingerprint density at radius 3 is 2.52 bits per heavy atom. The largest absolute Gasteiger partial charge is 0.508 e. The number of amides is 1. The monoisotopic (exact) mass is 395 g/mol. The van der Waals surface area contributed by atoms with Gasteiger partial charge in [0.05, 0.1) is 5.56 Å². The average molecular weight is 396 g/mol. The molecule has 2 aromatic rings. The molecular formula is C23H29N3O3. The van der Waals surface area contributed by atoms with Crippen LogP contribution in [0.25, 0.3) is 0 Å². The summed E-state index contributed by atoms with van der Waals surface area (Å²) < 4.78 is 0. The molecule has 6 nitrogen and oxygen atoms in total. The molecule has 2 aliphatic rings. The Hall–Kier alpha value is -2.73. The number of carbonyl (C=O) groups is 1. The minimum absolute atomic E-state index is 0.0240. The maximum Gasteiger partial charge on any atom is 0.258 e. The second-order valence-electron chi connectivity index (χ2n) is 8.22. The first-order chi connectivity index (χ1) is 13.9. The molecule has 0 spiro atoms. The van der Waals surface area contributed by atoms with E-state index in [1.807, 2.05) is 6.92 Å². The van der Waals surface area contributed by atoms with E-state index in [0.717, 1.165) is 42.7 Å². The molecule has 2 heterocycles. The van der Waals surface area contributed by atoms with Crippen molar-refractivity contribution in [2.75, 3.05) is 25.5 Å². The quantitative estimate of drug-likeness (QED) is 0.740. The van der Waals surface area contributed by atoms with Gasteiger partial charge >= 0.3 is 0 Å². The van der Waals surface area contributed by atoms with Crippen LogP contribution < -0.4 is 5.32 Å². The van der Waals surface area contributed by atoms with Gasteiger partial charge in [0, 0.05) is 30.9 Å². The number of phenolic OH excluding ortho intramolecular Hbond substituents is 2. The van der Waals surface area contributed by atoms with Crippen molar-refractivity contribution >= 4 is 11.6 Å². The van der Waals surface area contributed by atoms with Crippen molar-refractivity contribution < 1.29 is 15.0 Å². The smallest absolute Gasteiger partial charge is 0.258 e. The molecule has 4 rings (SSSR count). The van der Waals surface area contributed by atoms with Gasteiger partial charge in [-0.1, -0.05) is 13.0 Å². The number of benzene rings is 2. The topological polar surface area (TPSA) is 76.0 Å². The number of likely N-dealkylation sites (tertiary alicyclic amines) is 1. The summed E-state index contributed by atoms with van der Waals surface area (Å²) in [4.78, 5) is 17.1. The van der Waals surface area contributed by atoms with Crippen LogP contribution in [-0.4, -0.2) is 52.1 Å². The number of hydrogen-bond donors (Lipinski definition) is 3. The van der Waals surface area contributed by atoms with E-state index < -0.39 is 0 Å². The van der Waals surface area contributed by atoms with Crippen LogP contribution in [-0.2, 0) is 19.5 Å². The summed E-state index contributed by atoms with van der Waals surface area (Å²) in [5.74, 6) is -0.362. The Balaban J connectivity index is 1.47. The number of piperidine rings is 1. The van der Waals surface area contributed by atoms with Crippen molar-refractivity contribution in [1.82, 2.24) is 9.80 Å². The van der Waals surface area contributed by atoms with Gasteiger partial charge in [0.1, 0.15) is 11.5 Å². The van der Waals surface area contributed by atoms with E-state index in [-0.39, 0.29) is 23.0 Å². The third-order valence-corrected chi connectivity index (χ3v) is 6.11. The number of aryl methyl sites for hydroxylation is 1. The van der Waals surface area contributed by atoms with Crippen LogP contribution in [0.15, 0.2) is 30.3 Å². The molecule has 1 amide bonds. The highest BCUT2D eigenvalue weighted by molar-refractivity contribution is 5.97. The fraction of sp³-hybridized carbons (Fsp3) is 0.435. The molecule has 0 radical (unpaired) electrons. The van der Waals surface area contributed by atoms with Crippen LogP contribution in [0.3, 0.4) is 0 Å². The molecule has 2 aromatic carbocycles. The number of nitrogens with zero attached hydrogens (tertiary/aromatic N) is 2. The summed E-state index contributed by atoms with van der Waals surface area (Å²) in [5.41, 5.74) is 4.30. The summed E-state index contributed by atoms with van der Waals surface area (Å²) in [5, 5.41) is 23.7. The van der Waals surface area contributed by atoms with Gasteiger partial charge in [-0.2, -0.15) is 0 Å². The molecule has 0 bridgehead atoms. The average Bonchev–Trinajstić information content (AvgIpc) is 3.13. The first kappa shape index (κ1) is 19.6. The van der Waals surface area contributed by atoms with Gasteiger partial charge < -0.3 is 25.3 Å². The number of hydrogen-bond acceptors (Lipinski definition) is 5. The van der Waals surface area contributed by atoms with Gasteiger partial charge in [-0.05, 0) is 74.3 Å². The standard InChI is InChI=1S/C23H29N3O3/c1-3-15-11-20(22(28)12-21(15)27)23(29)26-13-16-4-5-19(10-17(16)14-26)24-18-6-8-25(2)9-7-18/h4-5,10-12,18,24,27-28H,3,6-9,13-14H2,1-2H3. The number of fused-ring (bicyclic) bond motifs is 1. The van der Waals surface area contributed by atoms with E-state index in [1.54, 1.807) is 11.0 Å². The van der Waals surface area contributed by atoms with Crippen molar-refractivity contribution in [2.45, 2.75) is 45.3 Å². The van der Waals surface area contributed by atoms with Crippen LogP contribution in [0.4, 0.5) is 5.69 Å². The Kier molecular flexibility index (Phi) is 5.37. The summed E-state index contributed by atoms with van der Waals surface area (Å²) in [6, 6.07) is 9.69. The molecule has 0 atom stereocenters. The van der Waals surface area contributed by atoms with E-state index in [0.29, 0.717) is 31.1 Å². The van der Waals surface area contributed by atoms with Gasteiger partial charge in [-0.3, -0.25) is 4.79 Å². The van der Waals surface area contributed by atoms with E-state index in [2.05, 4.69) is 35.5 Å². The van der Waals surface area contributed by atoms with Crippen molar-refractivity contribution in [1.29, 1.82) is 0 Å². The third kappa shape index (κ3) is 4.03. The zero-order valence-corrected chi connectivity index (χ0v) is 17.1. The van der Waals surface area contributed by atoms with Crippen molar-refractivity contribution in [3.05, 3.63) is 52.6 Å². The Morgan fingerprint density at radius 2 is 1.79 bits per heavy atom. The minimum Gasteiger partial charge on any atom is -0.508 e. The summed E-state index contributed by atoms with van der Waals surface area (Å²) in [7, 11) is 2.16. The highest BCUT2D eigenvalue weighted by Gasteiger charge is 2.27. The van der Waals surface area contributed by atoms with Gasteiger partial charge in [0.25, 0.3) is 5.91 Å². The lowest BCUT2D eigenvalue weighted by atomic mass is 10.0. The molecule has 6 heteroatoms. The Bertz CT molecular complexity index is 920. The lowest BCUT2D eigenvalue weighted by Crippen LogP contribution is -2.36. The highest BCUT2D eigenvalue weighted by Crippen LogP contribution is 2.32. The third-order valence-electron chi connectivity index (χ3n) is 6.11. The zero-order chi connectivity index (χ0) is 20.5. The summed E-state index contributed by atoms with van der Waals surface area (Å²) in [6.07, 6.45) is 2.87. The van der Waals surface area contributed by atoms with E-state index >= 15 is 0 Å². The predicted octanol–water partition coefficient (Wildman–Crippen LogP) is 3.32. The van der Waals surface area contributed by atoms with Crippen LogP contribution in [0.5, 0.6) is 11.5 Å². The number of anilines is 1. The Labute approximate surface area is 171 Å². The van der Waals surface area contributed by atoms with Crippen LogP contribution in [0, 0.1) is 0 Å². The van der Waals surface area contributed by atoms with Crippen LogP contribution >= 0.6 is 0 Å². The molecule has 3 N–H and O–H groups in total. The van der Waals surface area contributed by atoms with E-state index in [9.17, 15) is 15.0 Å². The first-order valence-corrected chi connectivity index (χ1v) is 10.4. The minimum atomic E-state index is -0.210. The van der Waals surface area contributed by atoms with E-state index in [1.165, 1.54) is 6.07 Å². The number of nitrogens with one attached hydrogen (secondary N) is 1. The molecule has 29 heavy (non-hydrogen) atoms. The lowest BCUT2D eigenvalue weighted by Gasteiger charge is -2.30. The molecule has 0 aromatic heterocycles. The normalized spacial score (nSPS) is 17.4. The van der Waals surface area contributed by atoms with Crippen LogP contribution in [0.1, 0.15) is 46.8 Å². The van der Waals surface area contributed by atoms with Gasteiger partial charge in [0.15, 0.2) is 0 Å². The second-order valence-corrected chi connectivity index (χ2v) is 8.22. The number of phenols is 2. The highest BCUT2D eigenvalue weighted by atomic mass is 16.3. The maximum atomic E-state index is 13.0. The molecular weight excluding hydrogens is 366 g/mol.